The molecule has 43 heavy (non-hydrogen) atoms. The lowest BCUT2D eigenvalue weighted by molar-refractivity contribution is -0.137. The van der Waals surface area contributed by atoms with Crippen molar-refractivity contribution in [2.45, 2.75) is 62.7 Å². The van der Waals surface area contributed by atoms with Gasteiger partial charge in [0, 0.05) is 25.7 Å². The second-order valence-corrected chi connectivity index (χ2v) is 14.1. The van der Waals surface area contributed by atoms with Crippen LogP contribution in [-0.2, 0) is 29.0 Å². The summed E-state index contributed by atoms with van der Waals surface area (Å²) in [5.41, 5.74) is 1.72. The number of carboxylic acids is 1. The molecular weight excluding hydrogens is 581 g/mol. The van der Waals surface area contributed by atoms with Gasteiger partial charge in [0.25, 0.3) is 0 Å². The Labute approximate surface area is 250 Å². The lowest BCUT2D eigenvalue weighted by atomic mass is 9.88. The fourth-order valence-corrected chi connectivity index (χ4v) is 7.06. The Morgan fingerprint density at radius 3 is 2.21 bits per heavy atom. The zero-order chi connectivity index (χ0) is 31.7. The minimum Gasteiger partial charge on any atom is -0.478 e. The lowest BCUT2D eigenvalue weighted by Gasteiger charge is -2.31. The quantitative estimate of drug-likeness (QED) is 0.261. The zero-order valence-corrected chi connectivity index (χ0v) is 25.4. The van der Waals surface area contributed by atoms with Gasteiger partial charge in [0.2, 0.25) is 10.0 Å². The number of β-amino-alcohol motifs (C(OH)–C–C–N with tert-alkyl or cyclic N) is 1. The van der Waals surface area contributed by atoms with E-state index in [2.05, 4.69) is 17.4 Å². The maximum absolute atomic E-state index is 13.8. The molecule has 1 aliphatic rings. The number of alkyl halides is 3. The molecule has 0 spiro atoms. The highest BCUT2D eigenvalue weighted by atomic mass is 32.2. The number of nitrogens with one attached hydrogen (secondary N) is 1. The third-order valence-corrected chi connectivity index (χ3v) is 9.75. The number of hydrogen-bond donors (Lipinski definition) is 3. The minimum atomic E-state index is -4.83. The highest BCUT2D eigenvalue weighted by Crippen LogP contribution is 2.36. The van der Waals surface area contributed by atoms with Crippen LogP contribution >= 0.6 is 0 Å². The standard InChI is InChI=1S/C32H37F3N2O5S/c1-20-11-24(9-10-29(20)30(39)40)25-14-26(32(33,34)35)16-28(15-25)43(41,42)37(4)19-27(38)18-36-31(2,3)17-21-12-22-7-5-6-8-23(22)13-21/h5-11,14-16,21,27,36,38H,12-13,17-19H2,1-4H3,(H,39,40). The average molecular weight is 619 g/mol. The Morgan fingerprint density at radius 2 is 1.65 bits per heavy atom. The van der Waals surface area contributed by atoms with Crippen LogP contribution in [0.4, 0.5) is 13.2 Å². The first-order valence-corrected chi connectivity index (χ1v) is 15.4. The van der Waals surface area contributed by atoms with Gasteiger partial charge in [0.05, 0.1) is 22.1 Å². The van der Waals surface area contributed by atoms with Gasteiger partial charge in [-0.3, -0.25) is 0 Å². The molecule has 1 unspecified atom stereocenters. The topological polar surface area (TPSA) is 107 Å². The van der Waals surface area contributed by atoms with Crippen LogP contribution in [-0.4, -0.2) is 60.7 Å². The lowest BCUT2D eigenvalue weighted by Crippen LogP contribution is -2.47. The Hall–Kier alpha value is -3.25. The van der Waals surface area contributed by atoms with Crippen molar-refractivity contribution in [1.29, 1.82) is 0 Å². The number of likely N-dealkylation sites (N-methyl/N-ethyl adjacent to an activating group) is 1. The number of aryl methyl sites for hydroxylation is 1. The van der Waals surface area contributed by atoms with Crippen molar-refractivity contribution in [2.75, 3.05) is 20.1 Å². The number of benzene rings is 3. The van der Waals surface area contributed by atoms with Gasteiger partial charge >= 0.3 is 12.1 Å². The van der Waals surface area contributed by atoms with Gasteiger partial charge in [0.1, 0.15) is 0 Å². The van der Waals surface area contributed by atoms with Crippen LogP contribution in [0.25, 0.3) is 11.1 Å². The fraction of sp³-hybridized carbons (Fsp3) is 0.406. The monoisotopic (exact) mass is 618 g/mol. The predicted molar refractivity (Wildman–Crippen MR) is 158 cm³/mol. The number of carbonyl (C=O) groups is 1. The number of nitrogens with zero attached hydrogens (tertiary/aromatic N) is 1. The number of aliphatic hydroxyl groups excluding tert-OH is 1. The van der Waals surface area contributed by atoms with Gasteiger partial charge < -0.3 is 15.5 Å². The summed E-state index contributed by atoms with van der Waals surface area (Å²) < 4.78 is 69.1. The number of carboxylic acid groups (broad SMARTS) is 1. The van der Waals surface area contributed by atoms with Gasteiger partial charge in [0.15, 0.2) is 0 Å². The molecule has 11 heteroatoms. The van der Waals surface area contributed by atoms with Crippen molar-refractivity contribution < 1.29 is 36.6 Å². The molecule has 3 N–H and O–H groups in total. The summed E-state index contributed by atoms with van der Waals surface area (Å²) in [5.74, 6) is -0.738. The van der Waals surface area contributed by atoms with Gasteiger partial charge in [-0.2, -0.15) is 17.5 Å². The van der Waals surface area contributed by atoms with Crippen LogP contribution in [0.1, 0.15) is 52.9 Å². The largest absolute Gasteiger partial charge is 0.478 e. The highest BCUT2D eigenvalue weighted by Gasteiger charge is 2.34. The summed E-state index contributed by atoms with van der Waals surface area (Å²) in [5, 5.41) is 23.3. The summed E-state index contributed by atoms with van der Waals surface area (Å²) in [6.45, 7) is 5.32. The first-order valence-electron chi connectivity index (χ1n) is 14.0. The molecule has 0 saturated carbocycles. The van der Waals surface area contributed by atoms with E-state index in [4.69, 9.17) is 0 Å². The van der Waals surface area contributed by atoms with Crippen molar-refractivity contribution in [3.05, 3.63) is 88.5 Å². The van der Waals surface area contributed by atoms with Gasteiger partial charge in [-0.1, -0.05) is 36.4 Å². The number of rotatable bonds is 11. The Kier molecular flexibility index (Phi) is 9.41. The van der Waals surface area contributed by atoms with Crippen molar-refractivity contribution >= 4 is 16.0 Å². The average Bonchev–Trinajstić information content (AvgIpc) is 3.32. The molecule has 0 fully saturated rings. The first kappa shape index (κ1) is 32.7. The van der Waals surface area contributed by atoms with E-state index < -0.39 is 38.7 Å². The molecule has 0 bridgehead atoms. The number of aromatic carboxylic acids is 1. The SMILES string of the molecule is Cc1cc(-c2cc(C(F)(F)F)cc(S(=O)(=O)N(C)CC(O)CNC(C)(C)CC3Cc4ccccc4C3)c2)ccc1C(=O)O. The summed E-state index contributed by atoms with van der Waals surface area (Å²) in [7, 11) is -3.22. The molecule has 232 valence electrons. The molecule has 0 aliphatic heterocycles. The number of halogens is 3. The molecule has 1 atom stereocenters. The summed E-state index contributed by atoms with van der Waals surface area (Å²) in [4.78, 5) is 10.8. The first-order chi connectivity index (χ1) is 20.0. The van der Waals surface area contributed by atoms with E-state index in [0.29, 0.717) is 17.5 Å². The van der Waals surface area contributed by atoms with E-state index in [0.717, 1.165) is 35.7 Å². The summed E-state index contributed by atoms with van der Waals surface area (Å²) in [6, 6.07) is 14.9. The molecule has 0 amide bonds. The second-order valence-electron chi connectivity index (χ2n) is 12.0. The van der Waals surface area contributed by atoms with E-state index in [-0.39, 0.29) is 35.3 Å². The third-order valence-electron chi connectivity index (χ3n) is 7.95. The van der Waals surface area contributed by atoms with E-state index >= 15 is 0 Å². The van der Waals surface area contributed by atoms with Crippen molar-refractivity contribution in [1.82, 2.24) is 9.62 Å². The zero-order valence-electron chi connectivity index (χ0n) is 24.6. The van der Waals surface area contributed by atoms with Crippen LogP contribution in [0.2, 0.25) is 0 Å². The maximum atomic E-state index is 13.8. The highest BCUT2D eigenvalue weighted by molar-refractivity contribution is 7.89. The summed E-state index contributed by atoms with van der Waals surface area (Å²) in [6.07, 6.45) is -3.14. The molecule has 0 saturated heterocycles. The van der Waals surface area contributed by atoms with E-state index in [1.165, 1.54) is 43.3 Å². The third kappa shape index (κ3) is 7.83. The molecule has 0 radical (unpaired) electrons. The molecule has 0 heterocycles. The van der Waals surface area contributed by atoms with Gasteiger partial charge in [-0.05, 0) is 98.0 Å². The Morgan fingerprint density at radius 1 is 1.02 bits per heavy atom. The van der Waals surface area contributed by atoms with Crippen LogP contribution < -0.4 is 5.32 Å². The molecule has 7 nitrogen and oxygen atoms in total. The fourth-order valence-electron chi connectivity index (χ4n) is 5.78. The molecule has 0 aromatic heterocycles. The van der Waals surface area contributed by atoms with E-state index in [1.807, 2.05) is 26.0 Å². The van der Waals surface area contributed by atoms with Crippen LogP contribution in [0.15, 0.2) is 65.6 Å². The van der Waals surface area contributed by atoms with Crippen molar-refractivity contribution in [2.24, 2.45) is 5.92 Å². The Balaban J connectivity index is 1.47. The number of aliphatic hydroxyl groups is 1. The maximum Gasteiger partial charge on any atom is 0.416 e. The predicted octanol–water partition coefficient (Wildman–Crippen LogP) is 5.53. The normalized spacial score (nSPS) is 15.1. The van der Waals surface area contributed by atoms with Gasteiger partial charge in [-0.15, -0.1) is 0 Å². The van der Waals surface area contributed by atoms with Gasteiger partial charge in [-0.25, -0.2) is 13.2 Å². The molecule has 3 aromatic rings. The minimum absolute atomic E-state index is 0.0117. The van der Waals surface area contributed by atoms with Crippen LogP contribution in [0, 0.1) is 12.8 Å². The van der Waals surface area contributed by atoms with E-state index in [1.54, 1.807) is 0 Å². The molecule has 1 aliphatic carbocycles. The van der Waals surface area contributed by atoms with Crippen molar-refractivity contribution in [3.8, 4) is 11.1 Å². The van der Waals surface area contributed by atoms with Crippen LogP contribution in [0.5, 0.6) is 0 Å². The molecular formula is C32H37F3N2O5S. The smallest absolute Gasteiger partial charge is 0.416 e. The Bertz CT molecular complexity index is 1580. The molecule has 3 aromatic carbocycles. The number of fused-ring (bicyclic) bond motifs is 1. The van der Waals surface area contributed by atoms with Crippen molar-refractivity contribution in [3.63, 3.8) is 0 Å². The van der Waals surface area contributed by atoms with Crippen LogP contribution in [0.3, 0.4) is 0 Å². The summed E-state index contributed by atoms with van der Waals surface area (Å²) >= 11 is 0. The second kappa shape index (κ2) is 12.4. The molecule has 4 rings (SSSR count). The number of sulfonamides is 1. The number of hydrogen-bond acceptors (Lipinski definition) is 5. The van der Waals surface area contributed by atoms with E-state index in [9.17, 15) is 36.6 Å².